The smallest absolute Gasteiger partial charge is 0.365 e. The molecule has 5 heterocycles. The highest BCUT2D eigenvalue weighted by Gasteiger charge is 2.36. The van der Waals surface area contributed by atoms with Crippen molar-refractivity contribution in [1.29, 1.82) is 0 Å². The van der Waals surface area contributed by atoms with Gasteiger partial charge in [0.1, 0.15) is 21.1 Å². The van der Waals surface area contributed by atoms with Crippen molar-refractivity contribution in [1.82, 2.24) is 29.4 Å². The van der Waals surface area contributed by atoms with Gasteiger partial charge in [0.2, 0.25) is 0 Å². The highest BCUT2D eigenvalue weighted by atomic mass is 32.1. The van der Waals surface area contributed by atoms with E-state index >= 15 is 0 Å². The predicted molar refractivity (Wildman–Crippen MR) is 143 cm³/mol. The minimum atomic E-state index is -4.82. The first-order chi connectivity index (χ1) is 19.8. The maximum absolute atomic E-state index is 13.8. The van der Waals surface area contributed by atoms with Gasteiger partial charge < -0.3 is 11.1 Å². The number of hydrogen-bond acceptors (Lipinski definition) is 7. The number of carbonyl (C=O) groups excluding carboxylic acids is 2. The molecule has 0 bridgehead atoms. The second-order valence-electron chi connectivity index (χ2n) is 9.82. The Balaban J connectivity index is 1.52. The number of hydrogen-bond donors (Lipinski definition) is 2. The minimum absolute atomic E-state index is 0.0225. The fraction of sp³-hybridized carbons (Fsp3) is 0.308. The van der Waals surface area contributed by atoms with Crippen LogP contribution in [0.15, 0.2) is 24.4 Å². The van der Waals surface area contributed by atoms with E-state index in [0.717, 1.165) is 23.4 Å². The maximum Gasteiger partial charge on any atom is 0.433 e. The van der Waals surface area contributed by atoms with E-state index in [9.17, 15) is 31.5 Å². The Morgan fingerprint density at radius 1 is 1.14 bits per heavy atom. The molecule has 5 aromatic heterocycles. The summed E-state index contributed by atoms with van der Waals surface area (Å²) >= 11 is 0.585. The van der Waals surface area contributed by atoms with Gasteiger partial charge in [-0.25, -0.2) is 23.3 Å². The predicted octanol–water partition coefficient (Wildman–Crippen LogP) is 5.72. The number of rotatable bonds is 7. The third-order valence-corrected chi connectivity index (χ3v) is 8.00. The van der Waals surface area contributed by atoms with Gasteiger partial charge in [-0.15, -0.1) is 11.3 Å². The van der Waals surface area contributed by atoms with Crippen LogP contribution in [0.2, 0.25) is 0 Å². The molecule has 0 aliphatic heterocycles. The monoisotopic (exact) mass is 604 g/mol. The van der Waals surface area contributed by atoms with E-state index in [1.54, 1.807) is 20.0 Å². The van der Waals surface area contributed by atoms with Crippen molar-refractivity contribution < 1.29 is 31.5 Å². The van der Waals surface area contributed by atoms with Gasteiger partial charge in [-0.2, -0.15) is 23.4 Å². The standard InChI is InChI=1S/C26H21F5N8O2S/c1-3-38-9-13(10(2)36-38)12-6-17(26(29,30)31)34-25-19(12)20(21(42-25)23(32)40)35-24(41)15-8-18-33-14(11-4-5-11)7-16(22(27)28)39(18)37-15/h6-9,11,22H,3-5H2,1-2H3,(H2,32,40)(H,35,41). The largest absolute Gasteiger partial charge is 0.433 e. The minimum Gasteiger partial charge on any atom is -0.365 e. The quantitative estimate of drug-likeness (QED) is 0.229. The molecule has 0 aromatic carbocycles. The van der Waals surface area contributed by atoms with Crippen LogP contribution in [0.5, 0.6) is 0 Å². The molecule has 1 aliphatic rings. The third-order valence-electron chi connectivity index (χ3n) is 6.90. The van der Waals surface area contributed by atoms with Gasteiger partial charge in [0.05, 0.1) is 11.4 Å². The van der Waals surface area contributed by atoms with Gasteiger partial charge >= 0.3 is 6.18 Å². The average molecular weight is 605 g/mol. The van der Waals surface area contributed by atoms with E-state index < -0.39 is 35.8 Å². The molecule has 0 saturated heterocycles. The lowest BCUT2D eigenvalue weighted by atomic mass is 10.0. The topological polar surface area (TPSA) is 133 Å². The molecular weight excluding hydrogens is 583 g/mol. The highest BCUT2D eigenvalue weighted by Crippen LogP contribution is 2.44. The second kappa shape index (κ2) is 9.82. The molecule has 0 atom stereocenters. The number of carbonyl (C=O) groups is 2. The summed E-state index contributed by atoms with van der Waals surface area (Å²) in [4.78, 5) is 33.5. The number of anilines is 1. The zero-order chi connectivity index (χ0) is 30.1. The summed E-state index contributed by atoms with van der Waals surface area (Å²) in [7, 11) is 0. The lowest BCUT2D eigenvalue weighted by Crippen LogP contribution is -2.17. The lowest BCUT2D eigenvalue weighted by Gasteiger charge is -2.11. The Bertz CT molecular complexity index is 1900. The van der Waals surface area contributed by atoms with Gasteiger partial charge in [-0.1, -0.05) is 0 Å². The average Bonchev–Trinajstić information content (AvgIpc) is 3.41. The number of thiophene rings is 1. The number of alkyl halides is 5. The number of nitrogens with zero attached hydrogens (tertiary/aromatic N) is 6. The molecule has 3 N–H and O–H groups in total. The zero-order valence-corrected chi connectivity index (χ0v) is 22.8. The fourth-order valence-corrected chi connectivity index (χ4v) is 5.75. The molecule has 6 rings (SSSR count). The van der Waals surface area contributed by atoms with E-state index in [0.29, 0.717) is 34.8 Å². The number of halogens is 5. The van der Waals surface area contributed by atoms with E-state index in [1.807, 2.05) is 0 Å². The first kappa shape index (κ1) is 27.7. The summed E-state index contributed by atoms with van der Waals surface area (Å²) in [5.41, 5.74) is 4.70. The summed E-state index contributed by atoms with van der Waals surface area (Å²) < 4.78 is 71.6. The van der Waals surface area contributed by atoms with E-state index in [2.05, 4.69) is 25.5 Å². The summed E-state index contributed by atoms with van der Waals surface area (Å²) in [6, 6.07) is 3.31. The number of aromatic nitrogens is 6. The van der Waals surface area contributed by atoms with Crippen LogP contribution in [-0.2, 0) is 12.7 Å². The first-order valence-corrected chi connectivity index (χ1v) is 13.6. The number of amides is 2. The van der Waals surface area contributed by atoms with Crippen molar-refractivity contribution in [3.63, 3.8) is 0 Å². The fourth-order valence-electron chi connectivity index (χ4n) is 4.74. The maximum atomic E-state index is 13.8. The van der Waals surface area contributed by atoms with Crippen molar-refractivity contribution in [3.05, 3.63) is 57.7 Å². The van der Waals surface area contributed by atoms with Crippen molar-refractivity contribution in [2.24, 2.45) is 5.73 Å². The molecular formula is C26H21F5N8O2S. The first-order valence-electron chi connectivity index (χ1n) is 12.7. The number of nitrogens with two attached hydrogens (primary N) is 1. The zero-order valence-electron chi connectivity index (χ0n) is 22.0. The van der Waals surface area contributed by atoms with Gasteiger partial charge in [0.25, 0.3) is 18.2 Å². The van der Waals surface area contributed by atoms with Gasteiger partial charge in [0.15, 0.2) is 11.3 Å². The summed E-state index contributed by atoms with van der Waals surface area (Å²) in [5, 5.41) is 10.9. The van der Waals surface area contributed by atoms with Crippen LogP contribution in [0.25, 0.3) is 27.0 Å². The van der Waals surface area contributed by atoms with Gasteiger partial charge in [0, 0.05) is 41.4 Å². The molecule has 5 aromatic rings. The SMILES string of the molecule is CCn1cc(-c2cc(C(F)(F)F)nc3sc(C(N)=O)c(NC(=O)c4cc5nc(C6CC6)cc(C(F)F)n5n4)c23)c(C)n1. The molecule has 1 aliphatic carbocycles. The number of fused-ring (bicyclic) bond motifs is 2. The Hall–Kier alpha value is -4.47. The van der Waals surface area contributed by atoms with Crippen LogP contribution < -0.4 is 11.1 Å². The lowest BCUT2D eigenvalue weighted by molar-refractivity contribution is -0.140. The molecule has 0 spiro atoms. The number of pyridine rings is 1. The number of nitrogens with one attached hydrogen (secondary N) is 1. The molecule has 1 saturated carbocycles. The van der Waals surface area contributed by atoms with Gasteiger partial charge in [-0.3, -0.25) is 14.3 Å². The Labute approximate surface area is 237 Å². The molecule has 0 unspecified atom stereocenters. The Kier molecular flexibility index (Phi) is 6.47. The second-order valence-corrected chi connectivity index (χ2v) is 10.8. The normalized spacial score (nSPS) is 13.9. The summed E-state index contributed by atoms with van der Waals surface area (Å²) in [6.45, 7) is 3.85. The molecule has 2 amide bonds. The van der Waals surface area contributed by atoms with Crippen LogP contribution in [0, 0.1) is 6.92 Å². The highest BCUT2D eigenvalue weighted by molar-refractivity contribution is 7.21. The number of aryl methyl sites for hydroxylation is 2. The van der Waals surface area contributed by atoms with E-state index in [4.69, 9.17) is 5.73 Å². The van der Waals surface area contributed by atoms with Crippen LogP contribution in [0.4, 0.5) is 27.6 Å². The van der Waals surface area contributed by atoms with Crippen molar-refractivity contribution >= 4 is 44.7 Å². The third kappa shape index (κ3) is 4.74. The van der Waals surface area contributed by atoms with Crippen molar-refractivity contribution in [2.45, 2.75) is 51.8 Å². The molecule has 1 fully saturated rings. The summed E-state index contributed by atoms with van der Waals surface area (Å²) in [6.07, 6.45) is -4.53. The molecule has 218 valence electrons. The van der Waals surface area contributed by atoms with Crippen LogP contribution in [-0.4, -0.2) is 41.2 Å². The van der Waals surface area contributed by atoms with E-state index in [1.165, 1.54) is 16.8 Å². The van der Waals surface area contributed by atoms with Crippen molar-refractivity contribution in [3.8, 4) is 11.1 Å². The van der Waals surface area contributed by atoms with Crippen LogP contribution in [0.1, 0.15) is 75.0 Å². The molecule has 16 heteroatoms. The van der Waals surface area contributed by atoms with E-state index in [-0.39, 0.29) is 43.6 Å². The Morgan fingerprint density at radius 2 is 1.88 bits per heavy atom. The number of primary amides is 1. The molecule has 10 nitrogen and oxygen atoms in total. The molecule has 42 heavy (non-hydrogen) atoms. The van der Waals surface area contributed by atoms with Crippen LogP contribution >= 0.6 is 11.3 Å². The Morgan fingerprint density at radius 3 is 2.48 bits per heavy atom. The van der Waals surface area contributed by atoms with Crippen LogP contribution in [0.3, 0.4) is 0 Å². The van der Waals surface area contributed by atoms with Gasteiger partial charge in [-0.05, 0) is 44.4 Å². The summed E-state index contributed by atoms with van der Waals surface area (Å²) in [5.74, 6) is -1.87. The van der Waals surface area contributed by atoms with Crippen molar-refractivity contribution in [2.75, 3.05) is 5.32 Å². The molecule has 0 radical (unpaired) electrons.